The van der Waals surface area contributed by atoms with Gasteiger partial charge in [-0.2, -0.15) is 0 Å². The third-order valence-electron chi connectivity index (χ3n) is 4.29. The maximum Gasteiger partial charge on any atom is 0.272 e. The van der Waals surface area contributed by atoms with Crippen LogP contribution in [0, 0.1) is 20.2 Å². The minimum Gasteiger partial charge on any atom is -0.320 e. The largest absolute Gasteiger partial charge is 0.320 e. The number of anilines is 1. The van der Waals surface area contributed by atoms with E-state index in [1.165, 1.54) is 60.7 Å². The molecule has 0 saturated carbocycles. The summed E-state index contributed by atoms with van der Waals surface area (Å²) in [4.78, 5) is 46.5. The zero-order valence-electron chi connectivity index (χ0n) is 16.7. The quantitative estimate of drug-likeness (QED) is 0.296. The average Bonchev–Trinajstić information content (AvgIpc) is 2.79. The molecule has 0 atom stereocenters. The van der Waals surface area contributed by atoms with Crippen LogP contribution in [0.15, 0.2) is 78.5 Å². The lowest BCUT2D eigenvalue weighted by Crippen LogP contribution is -2.30. The highest BCUT2D eigenvalue weighted by molar-refractivity contribution is 6.31. The Hall–Kier alpha value is -4.57. The summed E-state index contributed by atoms with van der Waals surface area (Å²) in [5.41, 5.74) is -0.109. The van der Waals surface area contributed by atoms with Gasteiger partial charge >= 0.3 is 0 Å². The van der Waals surface area contributed by atoms with Gasteiger partial charge in [-0.3, -0.25) is 29.8 Å². The molecule has 3 aromatic carbocycles. The van der Waals surface area contributed by atoms with Crippen molar-refractivity contribution in [3.05, 3.63) is 115 Å². The topological polar surface area (TPSA) is 144 Å². The number of nitro groups is 2. The highest BCUT2D eigenvalue weighted by Gasteiger charge is 2.17. The van der Waals surface area contributed by atoms with Crippen LogP contribution in [0.1, 0.15) is 15.9 Å². The van der Waals surface area contributed by atoms with Crippen molar-refractivity contribution in [3.63, 3.8) is 0 Å². The van der Waals surface area contributed by atoms with Crippen LogP contribution in [0.5, 0.6) is 0 Å². The summed E-state index contributed by atoms with van der Waals surface area (Å²) >= 11 is 5.92. The first-order chi connectivity index (χ1) is 15.7. The molecule has 0 aliphatic rings. The molecule has 3 aromatic rings. The van der Waals surface area contributed by atoms with Crippen LogP contribution in [-0.2, 0) is 4.79 Å². The van der Waals surface area contributed by atoms with Crippen molar-refractivity contribution in [1.29, 1.82) is 0 Å². The van der Waals surface area contributed by atoms with E-state index in [1.807, 2.05) is 0 Å². The fraction of sp³-hybridized carbons (Fsp3) is 0. The fourth-order valence-corrected chi connectivity index (χ4v) is 2.96. The molecule has 0 heterocycles. The summed E-state index contributed by atoms with van der Waals surface area (Å²) in [6.45, 7) is 0. The van der Waals surface area contributed by atoms with Gasteiger partial charge in [0.15, 0.2) is 0 Å². The van der Waals surface area contributed by atoms with Crippen LogP contribution in [0.4, 0.5) is 17.1 Å². The van der Waals surface area contributed by atoms with Crippen molar-refractivity contribution >= 4 is 46.6 Å². The number of carbonyl (C=O) groups is 2. The Labute approximate surface area is 191 Å². The SMILES string of the molecule is O=C(Nc1cccc([N+](=O)[O-])c1)/C(=C/c1cccc([N+](=O)[O-])c1)NC(=O)c1cccc(Cl)c1. The smallest absolute Gasteiger partial charge is 0.272 e. The first-order valence-electron chi connectivity index (χ1n) is 9.32. The Balaban J connectivity index is 1.95. The molecular weight excluding hydrogens is 452 g/mol. The standard InChI is InChI=1S/C22H15ClN4O6/c23-16-6-2-5-15(12-16)21(28)25-20(11-14-4-1-8-18(10-14)26(30)31)22(29)24-17-7-3-9-19(13-17)27(32)33/h1-13H,(H,24,29)(H,25,28)/b20-11-. The van der Waals surface area contributed by atoms with Gasteiger partial charge in [0.2, 0.25) is 0 Å². The molecule has 0 saturated heterocycles. The number of carbonyl (C=O) groups excluding carboxylic acids is 2. The normalized spacial score (nSPS) is 10.9. The van der Waals surface area contributed by atoms with Crippen LogP contribution >= 0.6 is 11.6 Å². The molecule has 0 spiro atoms. The number of benzene rings is 3. The third-order valence-corrected chi connectivity index (χ3v) is 4.52. The molecule has 166 valence electrons. The van der Waals surface area contributed by atoms with Crippen LogP contribution in [0.3, 0.4) is 0 Å². The van der Waals surface area contributed by atoms with Crippen LogP contribution < -0.4 is 10.6 Å². The second kappa shape index (κ2) is 10.2. The first kappa shape index (κ1) is 23.1. The first-order valence-corrected chi connectivity index (χ1v) is 9.69. The number of halogens is 1. The molecule has 0 aliphatic heterocycles. The summed E-state index contributed by atoms with van der Waals surface area (Å²) in [7, 11) is 0. The summed E-state index contributed by atoms with van der Waals surface area (Å²) in [6, 6.07) is 16.7. The van der Waals surface area contributed by atoms with Gasteiger partial charge in [0, 0.05) is 40.5 Å². The van der Waals surface area contributed by atoms with Gasteiger partial charge in [-0.05, 0) is 35.9 Å². The van der Waals surface area contributed by atoms with Crippen LogP contribution in [0.2, 0.25) is 5.02 Å². The minimum atomic E-state index is -0.794. The summed E-state index contributed by atoms with van der Waals surface area (Å²) in [5.74, 6) is -1.44. The van der Waals surface area contributed by atoms with E-state index in [0.29, 0.717) is 5.02 Å². The molecule has 0 bridgehead atoms. The minimum absolute atomic E-state index is 0.121. The Morgan fingerprint density at radius 1 is 0.848 bits per heavy atom. The van der Waals surface area contributed by atoms with E-state index in [-0.39, 0.29) is 33.9 Å². The van der Waals surface area contributed by atoms with E-state index in [2.05, 4.69) is 10.6 Å². The van der Waals surface area contributed by atoms with Crippen molar-refractivity contribution in [3.8, 4) is 0 Å². The molecule has 0 fully saturated rings. The van der Waals surface area contributed by atoms with Gasteiger partial charge in [0.05, 0.1) is 9.85 Å². The lowest BCUT2D eigenvalue weighted by molar-refractivity contribution is -0.385. The van der Waals surface area contributed by atoms with Crippen molar-refractivity contribution in [2.24, 2.45) is 0 Å². The van der Waals surface area contributed by atoms with Crippen molar-refractivity contribution in [1.82, 2.24) is 5.32 Å². The maximum absolute atomic E-state index is 12.9. The van der Waals surface area contributed by atoms with E-state index in [0.717, 1.165) is 6.07 Å². The highest BCUT2D eigenvalue weighted by atomic mass is 35.5. The molecule has 0 unspecified atom stereocenters. The number of rotatable bonds is 7. The van der Waals surface area contributed by atoms with Crippen LogP contribution in [-0.4, -0.2) is 21.7 Å². The molecule has 0 radical (unpaired) electrons. The highest BCUT2D eigenvalue weighted by Crippen LogP contribution is 2.19. The number of nitrogens with one attached hydrogen (secondary N) is 2. The summed E-state index contributed by atoms with van der Waals surface area (Å²) in [5, 5.41) is 27.3. The van der Waals surface area contributed by atoms with Crippen molar-refractivity contribution in [2.75, 3.05) is 5.32 Å². The average molecular weight is 467 g/mol. The molecule has 3 rings (SSSR count). The molecule has 10 nitrogen and oxygen atoms in total. The Morgan fingerprint density at radius 2 is 1.48 bits per heavy atom. The Bertz CT molecular complexity index is 1290. The van der Waals surface area contributed by atoms with E-state index in [4.69, 9.17) is 11.6 Å². The van der Waals surface area contributed by atoms with Crippen molar-refractivity contribution in [2.45, 2.75) is 0 Å². The zero-order chi connectivity index (χ0) is 24.0. The number of nitro benzene ring substituents is 2. The second-order valence-corrected chi connectivity index (χ2v) is 7.07. The van der Waals surface area contributed by atoms with Gasteiger partial charge in [0.25, 0.3) is 23.2 Å². The van der Waals surface area contributed by atoms with Gasteiger partial charge in [-0.25, -0.2) is 0 Å². The number of nitrogens with zero attached hydrogens (tertiary/aromatic N) is 2. The molecule has 2 N–H and O–H groups in total. The summed E-state index contributed by atoms with van der Waals surface area (Å²) in [6.07, 6.45) is 1.25. The lowest BCUT2D eigenvalue weighted by atomic mass is 10.1. The molecule has 11 heteroatoms. The monoisotopic (exact) mass is 466 g/mol. The summed E-state index contributed by atoms with van der Waals surface area (Å²) < 4.78 is 0. The molecular formula is C22H15ClN4O6. The van der Waals surface area contributed by atoms with E-state index < -0.39 is 21.7 Å². The van der Waals surface area contributed by atoms with Gasteiger partial charge in [-0.1, -0.05) is 35.9 Å². The van der Waals surface area contributed by atoms with Gasteiger partial charge in [0.1, 0.15) is 5.70 Å². The molecule has 2 amide bonds. The Morgan fingerprint density at radius 3 is 2.15 bits per heavy atom. The molecule has 0 aromatic heterocycles. The predicted octanol–water partition coefficient (Wildman–Crippen LogP) is 4.57. The second-order valence-electron chi connectivity index (χ2n) is 6.64. The van der Waals surface area contributed by atoms with Gasteiger partial charge in [-0.15, -0.1) is 0 Å². The fourth-order valence-electron chi connectivity index (χ4n) is 2.77. The van der Waals surface area contributed by atoms with Crippen LogP contribution in [0.25, 0.3) is 6.08 Å². The Kier molecular flexibility index (Phi) is 7.11. The number of amides is 2. The number of hydrogen-bond donors (Lipinski definition) is 2. The lowest BCUT2D eigenvalue weighted by Gasteiger charge is -2.11. The number of hydrogen-bond acceptors (Lipinski definition) is 6. The third kappa shape index (κ3) is 6.21. The van der Waals surface area contributed by atoms with Gasteiger partial charge < -0.3 is 10.6 Å². The van der Waals surface area contributed by atoms with Crippen molar-refractivity contribution < 1.29 is 19.4 Å². The number of non-ortho nitro benzene ring substituents is 2. The molecule has 33 heavy (non-hydrogen) atoms. The zero-order valence-corrected chi connectivity index (χ0v) is 17.5. The van der Waals surface area contributed by atoms with E-state index in [9.17, 15) is 29.8 Å². The predicted molar refractivity (Wildman–Crippen MR) is 122 cm³/mol. The van der Waals surface area contributed by atoms with E-state index in [1.54, 1.807) is 12.1 Å². The molecule has 0 aliphatic carbocycles. The van der Waals surface area contributed by atoms with E-state index >= 15 is 0 Å². The maximum atomic E-state index is 12.9.